The van der Waals surface area contributed by atoms with E-state index >= 15 is 0 Å². The van der Waals surface area contributed by atoms with E-state index in [2.05, 4.69) is 23.0 Å². The zero-order valence-electron chi connectivity index (χ0n) is 11.4. The van der Waals surface area contributed by atoms with Crippen molar-refractivity contribution in [1.82, 2.24) is 9.97 Å². The van der Waals surface area contributed by atoms with Gasteiger partial charge in [-0.2, -0.15) is 5.26 Å². The zero-order chi connectivity index (χ0) is 14.1. The van der Waals surface area contributed by atoms with Crippen LogP contribution in [-0.4, -0.2) is 15.7 Å². The van der Waals surface area contributed by atoms with E-state index in [1.165, 1.54) is 0 Å². The third kappa shape index (κ3) is 2.16. The van der Waals surface area contributed by atoms with Crippen molar-refractivity contribution < 1.29 is 0 Å². The fourth-order valence-electron chi connectivity index (χ4n) is 3.19. The average Bonchev–Trinajstić information content (AvgIpc) is 2.45. The van der Waals surface area contributed by atoms with Crippen LogP contribution in [0.1, 0.15) is 43.2 Å². The van der Waals surface area contributed by atoms with Crippen LogP contribution in [0.3, 0.4) is 0 Å². The quantitative estimate of drug-likeness (QED) is 0.857. The van der Waals surface area contributed by atoms with E-state index in [9.17, 15) is 0 Å². The predicted octanol–water partition coefficient (Wildman–Crippen LogP) is 3.42. The Morgan fingerprint density at radius 1 is 1.20 bits per heavy atom. The molecule has 4 nitrogen and oxygen atoms in total. The summed E-state index contributed by atoms with van der Waals surface area (Å²) in [5.74, 6) is 0.849. The molecule has 1 fully saturated rings. The van der Waals surface area contributed by atoms with Crippen LogP contribution in [0.2, 0.25) is 0 Å². The van der Waals surface area contributed by atoms with E-state index in [1.807, 2.05) is 12.1 Å². The monoisotopic (exact) mass is 264 g/mol. The van der Waals surface area contributed by atoms with E-state index in [1.54, 1.807) is 12.4 Å². The summed E-state index contributed by atoms with van der Waals surface area (Å²) < 4.78 is 0. The number of benzene rings is 1. The molecule has 0 bridgehead atoms. The molecule has 0 spiro atoms. The minimum Gasteiger partial charge on any atom is -0.310 e. The predicted molar refractivity (Wildman–Crippen MR) is 77.7 cm³/mol. The molecule has 20 heavy (non-hydrogen) atoms. The van der Waals surface area contributed by atoms with Gasteiger partial charge in [0, 0.05) is 18.1 Å². The summed E-state index contributed by atoms with van der Waals surface area (Å²) in [7, 11) is 0. The van der Waals surface area contributed by atoms with Crippen LogP contribution in [0, 0.1) is 22.7 Å². The van der Waals surface area contributed by atoms with E-state index in [0.717, 1.165) is 36.1 Å². The maximum Gasteiger partial charge on any atom is 0.107 e. The molecule has 3 rings (SSSR count). The summed E-state index contributed by atoms with van der Waals surface area (Å²) in [5, 5.41) is 17.2. The molecule has 100 valence electrons. The molecular formula is C16H16N4. The van der Waals surface area contributed by atoms with E-state index < -0.39 is 0 Å². The highest BCUT2D eigenvalue weighted by Gasteiger charge is 2.26. The Morgan fingerprint density at radius 2 is 1.95 bits per heavy atom. The SMILES string of the molecule is C[C@H]1CC(=N)C[C@@H](c2ccc(C#N)c3nccnc23)C1. The molecule has 0 radical (unpaired) electrons. The lowest BCUT2D eigenvalue weighted by atomic mass is 9.77. The highest BCUT2D eigenvalue weighted by molar-refractivity contribution is 5.87. The lowest BCUT2D eigenvalue weighted by Crippen LogP contribution is -2.19. The number of aromatic nitrogens is 2. The van der Waals surface area contributed by atoms with Crippen molar-refractivity contribution >= 4 is 16.7 Å². The summed E-state index contributed by atoms with van der Waals surface area (Å²) in [6.45, 7) is 2.19. The number of nitrogens with zero attached hydrogens (tertiary/aromatic N) is 3. The molecule has 1 heterocycles. The third-order valence-electron chi connectivity index (χ3n) is 3.99. The lowest BCUT2D eigenvalue weighted by Gasteiger charge is -2.28. The molecule has 1 aliphatic rings. The molecule has 1 saturated carbocycles. The van der Waals surface area contributed by atoms with Gasteiger partial charge in [-0.15, -0.1) is 0 Å². The van der Waals surface area contributed by atoms with Crippen LogP contribution in [0.25, 0.3) is 11.0 Å². The van der Waals surface area contributed by atoms with Gasteiger partial charge in [0.1, 0.15) is 11.6 Å². The number of nitriles is 1. The molecule has 1 aromatic heterocycles. The van der Waals surface area contributed by atoms with E-state index in [0.29, 0.717) is 22.9 Å². The van der Waals surface area contributed by atoms with Crippen molar-refractivity contribution in [3.63, 3.8) is 0 Å². The summed E-state index contributed by atoms with van der Waals surface area (Å²) in [6, 6.07) is 5.99. The minimum absolute atomic E-state index is 0.318. The fourth-order valence-corrected chi connectivity index (χ4v) is 3.19. The average molecular weight is 264 g/mol. The molecular weight excluding hydrogens is 248 g/mol. The molecule has 2 atom stereocenters. The van der Waals surface area contributed by atoms with Gasteiger partial charge >= 0.3 is 0 Å². The number of hydrogen-bond donors (Lipinski definition) is 1. The first-order valence-electron chi connectivity index (χ1n) is 6.89. The van der Waals surface area contributed by atoms with E-state index in [4.69, 9.17) is 10.7 Å². The molecule has 1 N–H and O–H groups in total. The van der Waals surface area contributed by atoms with Crippen LogP contribution in [-0.2, 0) is 0 Å². The summed E-state index contributed by atoms with van der Waals surface area (Å²) in [5.41, 5.74) is 4.00. The van der Waals surface area contributed by atoms with E-state index in [-0.39, 0.29) is 0 Å². The van der Waals surface area contributed by atoms with Gasteiger partial charge in [-0.25, -0.2) is 0 Å². The van der Waals surface area contributed by atoms with Gasteiger partial charge in [0.05, 0.1) is 11.1 Å². The van der Waals surface area contributed by atoms with Gasteiger partial charge in [-0.1, -0.05) is 13.0 Å². The Labute approximate surface area is 118 Å². The van der Waals surface area contributed by atoms with Crippen molar-refractivity contribution in [1.29, 1.82) is 10.7 Å². The van der Waals surface area contributed by atoms with Crippen LogP contribution in [0.5, 0.6) is 0 Å². The smallest absolute Gasteiger partial charge is 0.107 e. The Kier molecular flexibility index (Phi) is 3.19. The fraction of sp³-hybridized carbons (Fsp3) is 0.375. The van der Waals surface area contributed by atoms with Crippen LogP contribution >= 0.6 is 0 Å². The molecule has 0 unspecified atom stereocenters. The van der Waals surface area contributed by atoms with Gasteiger partial charge in [0.2, 0.25) is 0 Å². The van der Waals surface area contributed by atoms with Gasteiger partial charge in [-0.3, -0.25) is 9.97 Å². The first-order chi connectivity index (χ1) is 9.69. The van der Waals surface area contributed by atoms with Crippen molar-refractivity contribution in [3.05, 3.63) is 35.7 Å². The lowest BCUT2D eigenvalue weighted by molar-refractivity contribution is 0.450. The topological polar surface area (TPSA) is 73.4 Å². The number of nitrogens with one attached hydrogen (secondary N) is 1. The second-order valence-electron chi connectivity index (χ2n) is 5.62. The standard InChI is InChI=1S/C16H16N4/c1-10-6-12(8-13(18)7-10)14-3-2-11(9-17)15-16(14)20-5-4-19-15/h2-5,10,12,18H,6-8H2,1H3/t10-,12+/m1/s1. The van der Waals surface area contributed by atoms with Gasteiger partial charge in [0.25, 0.3) is 0 Å². The van der Waals surface area contributed by atoms with Crippen molar-refractivity contribution in [2.75, 3.05) is 0 Å². The second kappa shape index (κ2) is 5.01. The first kappa shape index (κ1) is 12.7. The van der Waals surface area contributed by atoms with Crippen molar-refractivity contribution in [2.45, 2.75) is 32.1 Å². The van der Waals surface area contributed by atoms with Crippen LogP contribution < -0.4 is 0 Å². The second-order valence-corrected chi connectivity index (χ2v) is 5.62. The molecule has 0 amide bonds. The maximum absolute atomic E-state index is 9.17. The largest absolute Gasteiger partial charge is 0.310 e. The van der Waals surface area contributed by atoms with Crippen molar-refractivity contribution in [2.24, 2.45) is 5.92 Å². The Bertz CT molecular complexity index is 714. The number of hydrogen-bond acceptors (Lipinski definition) is 4. The summed E-state index contributed by atoms with van der Waals surface area (Å²) >= 11 is 0. The molecule has 4 heteroatoms. The van der Waals surface area contributed by atoms with Crippen LogP contribution in [0.4, 0.5) is 0 Å². The van der Waals surface area contributed by atoms with Gasteiger partial charge in [0.15, 0.2) is 0 Å². The zero-order valence-corrected chi connectivity index (χ0v) is 11.4. The third-order valence-corrected chi connectivity index (χ3v) is 3.99. The van der Waals surface area contributed by atoms with Crippen molar-refractivity contribution in [3.8, 4) is 6.07 Å². The number of rotatable bonds is 1. The minimum atomic E-state index is 0.318. The Morgan fingerprint density at radius 3 is 2.65 bits per heavy atom. The molecule has 0 saturated heterocycles. The van der Waals surface area contributed by atoms with Crippen LogP contribution in [0.15, 0.2) is 24.5 Å². The Hall–Kier alpha value is -2.28. The summed E-state index contributed by atoms with van der Waals surface area (Å²) in [6.07, 6.45) is 6.06. The first-order valence-corrected chi connectivity index (χ1v) is 6.89. The normalized spacial score (nSPS) is 22.7. The number of fused-ring (bicyclic) bond motifs is 1. The summed E-state index contributed by atoms with van der Waals surface area (Å²) in [4.78, 5) is 8.74. The molecule has 2 aromatic rings. The van der Waals surface area contributed by atoms with Gasteiger partial charge in [-0.05, 0) is 42.7 Å². The highest BCUT2D eigenvalue weighted by atomic mass is 14.8. The maximum atomic E-state index is 9.17. The highest BCUT2D eigenvalue weighted by Crippen LogP contribution is 2.37. The molecule has 1 aliphatic carbocycles. The van der Waals surface area contributed by atoms with Gasteiger partial charge < -0.3 is 5.41 Å². The molecule has 1 aromatic carbocycles. The molecule has 0 aliphatic heterocycles. The Balaban J connectivity index is 2.13.